The van der Waals surface area contributed by atoms with Crippen LogP contribution in [0, 0.1) is 5.92 Å². The van der Waals surface area contributed by atoms with Crippen molar-refractivity contribution >= 4 is 11.8 Å². The van der Waals surface area contributed by atoms with E-state index >= 15 is 0 Å². The maximum Gasteiger partial charge on any atom is 0.307 e. The number of Topliss-reactive ketones (excluding diaryl/α,β-unsaturated/α-hetero) is 1. The molecule has 2 aliphatic rings. The quantitative estimate of drug-likeness (QED) is 0.845. The summed E-state index contributed by atoms with van der Waals surface area (Å²) < 4.78 is 10.5. The summed E-state index contributed by atoms with van der Waals surface area (Å²) in [5.41, 5.74) is 0.566. The summed E-state index contributed by atoms with van der Waals surface area (Å²) in [6, 6.07) is 5.13. The zero-order valence-corrected chi connectivity index (χ0v) is 11.6. The van der Waals surface area contributed by atoms with Gasteiger partial charge in [-0.15, -0.1) is 0 Å². The number of carbonyl (C=O) groups is 2. The molecule has 1 saturated heterocycles. The van der Waals surface area contributed by atoms with Gasteiger partial charge in [-0.3, -0.25) is 14.5 Å². The number of ether oxygens (including phenoxy) is 2. The van der Waals surface area contributed by atoms with Crippen LogP contribution in [0.15, 0.2) is 18.2 Å². The van der Waals surface area contributed by atoms with E-state index < -0.39 is 5.97 Å². The summed E-state index contributed by atoms with van der Waals surface area (Å²) in [5.74, 6) is 0.0521. The minimum Gasteiger partial charge on any atom is -0.481 e. The number of fused-ring (bicyclic) bond motifs is 1. The number of likely N-dealkylation sites (tertiary alicyclic amines) is 1. The van der Waals surface area contributed by atoms with Crippen LogP contribution in [0.1, 0.15) is 23.2 Å². The fourth-order valence-corrected chi connectivity index (χ4v) is 2.77. The number of rotatable bonds is 4. The SMILES string of the molecule is O=C(CN1CCCC(C(=O)O)C1)c1ccc2c(c1)OCO2. The van der Waals surface area contributed by atoms with E-state index in [-0.39, 0.29) is 25.0 Å². The lowest BCUT2D eigenvalue weighted by Gasteiger charge is -2.29. The van der Waals surface area contributed by atoms with Crippen LogP contribution in [0.3, 0.4) is 0 Å². The van der Waals surface area contributed by atoms with Crippen molar-refractivity contribution in [2.75, 3.05) is 26.4 Å². The average molecular weight is 291 g/mol. The van der Waals surface area contributed by atoms with Gasteiger partial charge in [-0.25, -0.2) is 0 Å². The van der Waals surface area contributed by atoms with Crippen molar-refractivity contribution in [2.45, 2.75) is 12.8 Å². The van der Waals surface area contributed by atoms with E-state index in [1.165, 1.54) is 0 Å². The second-order valence-corrected chi connectivity index (χ2v) is 5.40. The summed E-state index contributed by atoms with van der Waals surface area (Å²) in [6.07, 6.45) is 1.50. The van der Waals surface area contributed by atoms with E-state index in [0.717, 1.165) is 13.0 Å². The second kappa shape index (κ2) is 5.73. The Morgan fingerprint density at radius 3 is 2.90 bits per heavy atom. The maximum absolute atomic E-state index is 12.3. The number of hydrogen-bond acceptors (Lipinski definition) is 5. The van der Waals surface area contributed by atoms with E-state index in [1.54, 1.807) is 18.2 Å². The minimum absolute atomic E-state index is 0.0284. The lowest BCUT2D eigenvalue weighted by molar-refractivity contribution is -0.143. The molecule has 21 heavy (non-hydrogen) atoms. The van der Waals surface area contributed by atoms with E-state index in [9.17, 15) is 9.59 Å². The number of piperidine rings is 1. The second-order valence-electron chi connectivity index (χ2n) is 5.40. The van der Waals surface area contributed by atoms with Gasteiger partial charge in [0.2, 0.25) is 6.79 Å². The standard InChI is InChI=1S/C15H17NO5/c17-12(8-16-5-1-2-11(7-16)15(18)19)10-3-4-13-14(6-10)21-9-20-13/h3-4,6,11H,1-2,5,7-9H2,(H,18,19). The molecule has 112 valence electrons. The van der Waals surface area contributed by atoms with Gasteiger partial charge in [0, 0.05) is 12.1 Å². The number of benzene rings is 1. The van der Waals surface area contributed by atoms with Crippen molar-refractivity contribution in [2.24, 2.45) is 5.92 Å². The first-order valence-corrected chi connectivity index (χ1v) is 7.01. The highest BCUT2D eigenvalue weighted by molar-refractivity contribution is 5.98. The van der Waals surface area contributed by atoms with E-state index in [2.05, 4.69) is 0 Å². The van der Waals surface area contributed by atoms with Crippen LogP contribution < -0.4 is 9.47 Å². The molecule has 2 heterocycles. The number of nitrogens with zero attached hydrogens (tertiary/aromatic N) is 1. The van der Waals surface area contributed by atoms with Gasteiger partial charge in [-0.2, -0.15) is 0 Å². The zero-order chi connectivity index (χ0) is 14.8. The topological polar surface area (TPSA) is 76.1 Å². The molecule has 1 N–H and O–H groups in total. The number of ketones is 1. The summed E-state index contributed by atoms with van der Waals surface area (Å²) in [5, 5.41) is 9.07. The van der Waals surface area contributed by atoms with Gasteiger partial charge in [-0.05, 0) is 37.6 Å². The molecule has 0 saturated carbocycles. The van der Waals surface area contributed by atoms with Gasteiger partial charge < -0.3 is 14.6 Å². The molecule has 0 bridgehead atoms. The first-order chi connectivity index (χ1) is 10.1. The van der Waals surface area contributed by atoms with Crippen molar-refractivity contribution in [3.05, 3.63) is 23.8 Å². The number of carboxylic acids is 1. The normalized spacial score (nSPS) is 21.2. The number of carboxylic acid groups (broad SMARTS) is 1. The molecule has 2 aliphatic heterocycles. The third-order valence-corrected chi connectivity index (χ3v) is 3.92. The molecule has 0 aliphatic carbocycles. The number of carbonyl (C=O) groups excluding carboxylic acids is 1. The molecule has 1 fully saturated rings. The lowest BCUT2D eigenvalue weighted by Crippen LogP contribution is -2.41. The summed E-state index contributed by atoms with van der Waals surface area (Å²) in [6.45, 7) is 1.62. The third-order valence-electron chi connectivity index (χ3n) is 3.92. The van der Waals surface area contributed by atoms with Gasteiger partial charge in [0.15, 0.2) is 17.3 Å². The van der Waals surface area contributed by atoms with Crippen LogP contribution in [0.25, 0.3) is 0 Å². The van der Waals surface area contributed by atoms with Crippen molar-refractivity contribution in [1.82, 2.24) is 4.90 Å². The predicted octanol–water partition coefficient (Wildman–Crippen LogP) is 1.39. The molecule has 0 spiro atoms. The molecular weight excluding hydrogens is 274 g/mol. The van der Waals surface area contributed by atoms with Crippen molar-refractivity contribution in [3.8, 4) is 11.5 Å². The highest BCUT2D eigenvalue weighted by Crippen LogP contribution is 2.32. The molecule has 6 nitrogen and oxygen atoms in total. The van der Waals surface area contributed by atoms with Crippen molar-refractivity contribution in [3.63, 3.8) is 0 Å². The summed E-state index contributed by atoms with van der Waals surface area (Å²) in [7, 11) is 0. The Balaban J connectivity index is 1.64. The fraction of sp³-hybridized carbons (Fsp3) is 0.467. The molecule has 1 atom stereocenters. The Hall–Kier alpha value is -2.08. The zero-order valence-electron chi connectivity index (χ0n) is 11.6. The van der Waals surface area contributed by atoms with Crippen LogP contribution in [-0.4, -0.2) is 48.2 Å². The smallest absolute Gasteiger partial charge is 0.307 e. The monoisotopic (exact) mass is 291 g/mol. The average Bonchev–Trinajstić information content (AvgIpc) is 2.94. The molecule has 0 aromatic heterocycles. The fourth-order valence-electron chi connectivity index (χ4n) is 2.77. The molecule has 0 amide bonds. The Labute approximate surface area is 122 Å². The van der Waals surface area contributed by atoms with Gasteiger partial charge in [0.1, 0.15) is 0 Å². The van der Waals surface area contributed by atoms with Gasteiger partial charge in [0.05, 0.1) is 12.5 Å². The van der Waals surface area contributed by atoms with Gasteiger partial charge in [-0.1, -0.05) is 0 Å². The molecular formula is C15H17NO5. The molecule has 1 unspecified atom stereocenters. The Morgan fingerprint density at radius 1 is 1.29 bits per heavy atom. The predicted molar refractivity (Wildman–Crippen MR) is 73.7 cm³/mol. The first-order valence-electron chi connectivity index (χ1n) is 7.01. The number of hydrogen-bond donors (Lipinski definition) is 1. The summed E-state index contributed by atoms with van der Waals surface area (Å²) in [4.78, 5) is 25.3. The number of aliphatic carboxylic acids is 1. The van der Waals surface area contributed by atoms with E-state index in [0.29, 0.717) is 30.0 Å². The Kier molecular flexibility index (Phi) is 3.79. The highest BCUT2D eigenvalue weighted by atomic mass is 16.7. The molecule has 6 heteroatoms. The van der Waals surface area contributed by atoms with Crippen LogP contribution in [0.2, 0.25) is 0 Å². The van der Waals surface area contributed by atoms with E-state index in [4.69, 9.17) is 14.6 Å². The molecule has 1 aromatic carbocycles. The van der Waals surface area contributed by atoms with Crippen LogP contribution >= 0.6 is 0 Å². The van der Waals surface area contributed by atoms with Crippen LogP contribution in [-0.2, 0) is 4.79 Å². The third kappa shape index (κ3) is 3.00. The Morgan fingerprint density at radius 2 is 2.10 bits per heavy atom. The van der Waals surface area contributed by atoms with Gasteiger partial charge >= 0.3 is 5.97 Å². The van der Waals surface area contributed by atoms with Crippen molar-refractivity contribution in [1.29, 1.82) is 0 Å². The van der Waals surface area contributed by atoms with E-state index in [1.807, 2.05) is 4.90 Å². The lowest BCUT2D eigenvalue weighted by atomic mass is 9.97. The van der Waals surface area contributed by atoms with Crippen molar-refractivity contribution < 1.29 is 24.2 Å². The van der Waals surface area contributed by atoms with Crippen LogP contribution in [0.4, 0.5) is 0 Å². The molecule has 1 aromatic rings. The minimum atomic E-state index is -0.782. The molecule has 3 rings (SSSR count). The first kappa shape index (κ1) is 13.9. The van der Waals surface area contributed by atoms with Gasteiger partial charge in [0.25, 0.3) is 0 Å². The highest BCUT2D eigenvalue weighted by Gasteiger charge is 2.27. The Bertz CT molecular complexity index is 571. The largest absolute Gasteiger partial charge is 0.481 e. The maximum atomic E-state index is 12.3. The molecule has 0 radical (unpaired) electrons. The van der Waals surface area contributed by atoms with Crippen LogP contribution in [0.5, 0.6) is 11.5 Å². The summed E-state index contributed by atoms with van der Waals surface area (Å²) >= 11 is 0.